The summed E-state index contributed by atoms with van der Waals surface area (Å²) in [6.45, 7) is 14.4. The summed E-state index contributed by atoms with van der Waals surface area (Å²) in [5.41, 5.74) is 0.971. The van der Waals surface area contributed by atoms with Crippen molar-refractivity contribution >= 4 is 30.1 Å². The molecule has 1 saturated carbocycles. The Morgan fingerprint density at radius 1 is 0.878 bits per heavy atom. The van der Waals surface area contributed by atoms with Gasteiger partial charge in [-0.1, -0.05) is 18.6 Å². The van der Waals surface area contributed by atoms with Gasteiger partial charge in [0, 0.05) is 37.3 Å². The third-order valence-electron chi connectivity index (χ3n) is 11.7. The van der Waals surface area contributed by atoms with Crippen LogP contribution in [-0.2, 0) is 29.0 Å². The summed E-state index contributed by atoms with van der Waals surface area (Å²) in [5, 5.41) is 0. The van der Waals surface area contributed by atoms with E-state index in [1.54, 1.807) is 0 Å². The van der Waals surface area contributed by atoms with E-state index in [0.29, 0.717) is 38.6 Å². The highest BCUT2D eigenvalue weighted by molar-refractivity contribution is 6.62. The Bertz CT molecular complexity index is 1210. The monoisotopic (exact) mass is 563 g/mol. The standard InChI is InChI=1S/C32H46BN3O5/c1-29(2)30(3,4)41-33(40-29)22-9-10-25-26(19-22)36(24-20-23(21-24)34-14-7-6-8-15-34)28(38)32(25)11-16-35(17-12-32)27(37)31(5)13-18-39-31/h9-10,19,23-24H,6-8,11-18,20-21H2,1-5H3/t23-,24+,31?. The molecule has 2 amide bonds. The molecule has 8 nitrogen and oxygen atoms in total. The summed E-state index contributed by atoms with van der Waals surface area (Å²) in [4.78, 5) is 34.5. The highest BCUT2D eigenvalue weighted by Gasteiger charge is 2.58. The van der Waals surface area contributed by atoms with Gasteiger partial charge < -0.3 is 28.7 Å². The fourth-order valence-corrected chi connectivity index (χ4v) is 7.93. The van der Waals surface area contributed by atoms with Gasteiger partial charge in [0.05, 0.1) is 23.2 Å². The molecule has 1 aromatic rings. The highest BCUT2D eigenvalue weighted by atomic mass is 16.7. The molecule has 0 bridgehead atoms. The number of fused-ring (bicyclic) bond motifs is 2. The first-order valence-corrected chi connectivity index (χ1v) is 16.0. The van der Waals surface area contributed by atoms with Crippen LogP contribution in [0, 0.1) is 0 Å². The lowest BCUT2D eigenvalue weighted by Crippen LogP contribution is -2.60. The summed E-state index contributed by atoms with van der Waals surface area (Å²) in [6.07, 6.45) is 8.03. The van der Waals surface area contributed by atoms with Crippen molar-refractivity contribution in [2.75, 3.05) is 37.7 Å². The van der Waals surface area contributed by atoms with Gasteiger partial charge in [-0.2, -0.15) is 0 Å². The van der Waals surface area contributed by atoms with Crippen LogP contribution in [0.2, 0.25) is 0 Å². The number of likely N-dealkylation sites (tertiary alicyclic amines) is 2. The zero-order valence-electron chi connectivity index (χ0n) is 25.5. The first kappa shape index (κ1) is 27.9. The minimum atomic E-state index is -0.693. The number of nitrogens with zero attached hydrogens (tertiary/aromatic N) is 3. The second-order valence-corrected chi connectivity index (χ2v) is 14.6. The molecule has 7 rings (SSSR count). The number of rotatable bonds is 4. The Balaban J connectivity index is 1.17. The Morgan fingerprint density at radius 3 is 2.10 bits per heavy atom. The quantitative estimate of drug-likeness (QED) is 0.524. The van der Waals surface area contributed by atoms with E-state index in [1.807, 2.05) is 11.8 Å². The first-order chi connectivity index (χ1) is 19.4. The number of hydrogen-bond donors (Lipinski definition) is 0. The maximum absolute atomic E-state index is 14.6. The van der Waals surface area contributed by atoms with Crippen molar-refractivity contribution in [3.05, 3.63) is 23.8 Å². The minimum Gasteiger partial charge on any atom is -0.399 e. The second-order valence-electron chi connectivity index (χ2n) is 14.6. The topological polar surface area (TPSA) is 71.6 Å². The summed E-state index contributed by atoms with van der Waals surface area (Å²) in [6, 6.07) is 7.20. The molecule has 222 valence electrons. The van der Waals surface area contributed by atoms with Crippen molar-refractivity contribution in [2.24, 2.45) is 0 Å². The molecular formula is C32H46BN3O5. The summed E-state index contributed by atoms with van der Waals surface area (Å²) >= 11 is 0. The molecule has 1 unspecified atom stereocenters. The third-order valence-corrected chi connectivity index (χ3v) is 11.7. The molecule has 41 heavy (non-hydrogen) atoms. The predicted octanol–water partition coefficient (Wildman–Crippen LogP) is 3.39. The lowest BCUT2D eigenvalue weighted by atomic mass is 9.71. The van der Waals surface area contributed by atoms with Crippen LogP contribution in [0.1, 0.15) is 91.5 Å². The van der Waals surface area contributed by atoms with Crippen molar-refractivity contribution < 1.29 is 23.6 Å². The molecule has 1 aromatic carbocycles. The van der Waals surface area contributed by atoms with Gasteiger partial charge in [-0.15, -0.1) is 0 Å². The van der Waals surface area contributed by atoms with E-state index in [2.05, 4.69) is 55.7 Å². The van der Waals surface area contributed by atoms with Crippen LogP contribution in [-0.4, -0.2) is 90.4 Å². The van der Waals surface area contributed by atoms with Crippen LogP contribution < -0.4 is 10.4 Å². The molecule has 9 heteroatoms. The van der Waals surface area contributed by atoms with Gasteiger partial charge in [-0.25, -0.2) is 0 Å². The third kappa shape index (κ3) is 4.24. The van der Waals surface area contributed by atoms with Gasteiger partial charge in [0.25, 0.3) is 5.91 Å². The summed E-state index contributed by atoms with van der Waals surface area (Å²) < 4.78 is 18.5. The summed E-state index contributed by atoms with van der Waals surface area (Å²) in [7, 11) is -0.469. The van der Waals surface area contributed by atoms with Crippen LogP contribution in [0.5, 0.6) is 0 Å². The molecule has 6 aliphatic rings. The Hall–Kier alpha value is -1.94. The zero-order valence-corrected chi connectivity index (χ0v) is 25.5. The van der Waals surface area contributed by atoms with E-state index >= 15 is 0 Å². The van der Waals surface area contributed by atoms with Crippen LogP contribution >= 0.6 is 0 Å². The van der Waals surface area contributed by atoms with Gasteiger partial charge in [0.1, 0.15) is 5.60 Å². The highest BCUT2D eigenvalue weighted by Crippen LogP contribution is 2.51. The van der Waals surface area contributed by atoms with Crippen LogP contribution in [0.4, 0.5) is 5.69 Å². The number of hydrogen-bond acceptors (Lipinski definition) is 6. The van der Waals surface area contributed by atoms with E-state index in [4.69, 9.17) is 14.0 Å². The Labute approximate surface area is 245 Å². The molecular weight excluding hydrogens is 517 g/mol. The molecule has 4 saturated heterocycles. The molecule has 1 aliphatic carbocycles. The fraction of sp³-hybridized carbons (Fsp3) is 0.750. The normalized spacial score (nSPS) is 34.0. The van der Waals surface area contributed by atoms with E-state index in [0.717, 1.165) is 36.0 Å². The molecule has 0 N–H and O–H groups in total. The lowest BCUT2D eigenvalue weighted by molar-refractivity contribution is -0.183. The van der Waals surface area contributed by atoms with Crippen LogP contribution in [0.3, 0.4) is 0 Å². The van der Waals surface area contributed by atoms with E-state index in [9.17, 15) is 9.59 Å². The maximum Gasteiger partial charge on any atom is 0.494 e. The number of carbonyl (C=O) groups excluding carboxylic acids is 2. The first-order valence-electron chi connectivity index (χ1n) is 16.0. The SMILES string of the molecule is CC1(C(=O)N2CCC3(CC2)C(=O)N([C@H]2C[C@@H](N4CCCCC4)C2)c2cc(B4OC(C)(C)C(C)(C)O4)ccc23)CCO1. The van der Waals surface area contributed by atoms with Crippen LogP contribution in [0.15, 0.2) is 18.2 Å². The lowest BCUT2D eigenvalue weighted by Gasteiger charge is -2.48. The van der Waals surface area contributed by atoms with E-state index in [1.165, 1.54) is 32.4 Å². The molecule has 5 fully saturated rings. The maximum atomic E-state index is 14.6. The molecule has 0 radical (unpaired) electrons. The Morgan fingerprint density at radius 2 is 1.51 bits per heavy atom. The average Bonchev–Trinajstić information content (AvgIpc) is 3.27. The van der Waals surface area contributed by atoms with Gasteiger partial charge in [0.2, 0.25) is 5.91 Å². The number of benzene rings is 1. The number of piperidine rings is 2. The van der Waals surface area contributed by atoms with Crippen molar-refractivity contribution in [2.45, 2.75) is 120 Å². The van der Waals surface area contributed by atoms with Gasteiger partial charge >= 0.3 is 7.12 Å². The summed E-state index contributed by atoms with van der Waals surface area (Å²) in [5.74, 6) is 0.291. The predicted molar refractivity (Wildman–Crippen MR) is 158 cm³/mol. The van der Waals surface area contributed by atoms with Crippen molar-refractivity contribution in [3.8, 4) is 0 Å². The molecule has 5 heterocycles. The van der Waals surface area contributed by atoms with Crippen molar-refractivity contribution in [3.63, 3.8) is 0 Å². The van der Waals surface area contributed by atoms with Gasteiger partial charge in [-0.05, 0) is 103 Å². The van der Waals surface area contributed by atoms with Gasteiger partial charge in [0.15, 0.2) is 0 Å². The smallest absolute Gasteiger partial charge is 0.399 e. The number of amides is 2. The average molecular weight is 564 g/mol. The van der Waals surface area contributed by atoms with E-state index in [-0.39, 0.29) is 17.9 Å². The second kappa shape index (κ2) is 9.53. The number of anilines is 1. The van der Waals surface area contributed by atoms with Crippen molar-refractivity contribution in [1.82, 2.24) is 9.80 Å². The Kier molecular flexibility index (Phi) is 6.48. The molecule has 5 aliphatic heterocycles. The molecule has 1 spiro atoms. The largest absolute Gasteiger partial charge is 0.494 e. The van der Waals surface area contributed by atoms with Crippen molar-refractivity contribution in [1.29, 1.82) is 0 Å². The zero-order chi connectivity index (χ0) is 28.8. The van der Waals surface area contributed by atoms with E-state index < -0.39 is 29.3 Å². The van der Waals surface area contributed by atoms with Gasteiger partial charge in [-0.3, -0.25) is 9.59 Å². The number of ether oxygens (including phenoxy) is 1. The minimum absolute atomic E-state index is 0.0700. The fourth-order valence-electron chi connectivity index (χ4n) is 7.93. The van der Waals surface area contributed by atoms with Crippen LogP contribution in [0.25, 0.3) is 0 Å². The molecule has 0 aromatic heterocycles. The number of carbonyl (C=O) groups is 2. The molecule has 1 atom stereocenters.